The second kappa shape index (κ2) is 7.09. The van der Waals surface area contributed by atoms with Crippen molar-refractivity contribution in [3.05, 3.63) is 45.0 Å². The molecule has 7 nitrogen and oxygen atoms in total. The molecule has 138 valence electrons. The Bertz CT molecular complexity index is 982. The Morgan fingerprint density at radius 3 is 2.81 bits per heavy atom. The van der Waals surface area contributed by atoms with E-state index in [1.165, 1.54) is 11.3 Å². The Hall–Kier alpha value is -2.78. The van der Waals surface area contributed by atoms with Crippen LogP contribution in [0.3, 0.4) is 0 Å². The Morgan fingerprint density at radius 2 is 2.04 bits per heavy atom. The lowest BCUT2D eigenvalue weighted by Gasteiger charge is -2.12. The fourth-order valence-corrected chi connectivity index (χ4v) is 4.34. The third kappa shape index (κ3) is 3.69. The number of rotatable bonds is 4. The average Bonchev–Trinajstić information content (AvgIpc) is 3.31. The summed E-state index contributed by atoms with van der Waals surface area (Å²) in [4.78, 5) is 40.2. The van der Waals surface area contributed by atoms with Crippen LogP contribution < -0.4 is 14.8 Å². The van der Waals surface area contributed by atoms with Gasteiger partial charge in [-0.1, -0.05) is 0 Å². The number of amides is 3. The first-order valence-electron chi connectivity index (χ1n) is 8.01. The predicted octanol–water partition coefficient (Wildman–Crippen LogP) is 3.46. The molecule has 1 N–H and O–H groups in total. The first-order valence-corrected chi connectivity index (χ1v) is 9.64. The van der Waals surface area contributed by atoms with Gasteiger partial charge in [0.1, 0.15) is 6.54 Å². The van der Waals surface area contributed by atoms with Crippen LogP contribution in [0.5, 0.6) is 11.5 Å². The minimum Gasteiger partial charge on any atom is -0.454 e. The molecule has 0 bridgehead atoms. The predicted molar refractivity (Wildman–Crippen MR) is 103 cm³/mol. The van der Waals surface area contributed by atoms with Crippen molar-refractivity contribution >= 4 is 51.9 Å². The van der Waals surface area contributed by atoms with Gasteiger partial charge in [-0.3, -0.25) is 19.3 Å². The van der Waals surface area contributed by atoms with E-state index in [-0.39, 0.29) is 13.3 Å². The van der Waals surface area contributed by atoms with Crippen molar-refractivity contribution in [1.82, 2.24) is 4.90 Å². The number of ether oxygens (including phenoxy) is 2. The van der Waals surface area contributed by atoms with Crippen LogP contribution in [0.15, 0.2) is 35.2 Å². The Kier molecular flexibility index (Phi) is 4.63. The second-order valence-electron chi connectivity index (χ2n) is 5.83. The molecule has 4 rings (SSSR count). The standard InChI is InChI=1S/C18H14N2O5S2/c1-10-2-4-12(26-10)7-15-17(22)20(18(23)27-15)8-16(21)19-11-3-5-13-14(6-11)25-9-24-13/h2-7H,8-9H2,1H3,(H,19,21)/b15-7+. The third-order valence-electron chi connectivity index (χ3n) is 3.87. The highest BCUT2D eigenvalue weighted by atomic mass is 32.2. The van der Waals surface area contributed by atoms with Gasteiger partial charge in [-0.05, 0) is 49.0 Å². The van der Waals surface area contributed by atoms with Gasteiger partial charge in [0.15, 0.2) is 11.5 Å². The van der Waals surface area contributed by atoms with E-state index in [1.807, 2.05) is 19.1 Å². The van der Waals surface area contributed by atoms with E-state index in [1.54, 1.807) is 24.3 Å². The van der Waals surface area contributed by atoms with Gasteiger partial charge < -0.3 is 14.8 Å². The van der Waals surface area contributed by atoms with E-state index in [4.69, 9.17) is 9.47 Å². The Morgan fingerprint density at radius 1 is 1.22 bits per heavy atom. The van der Waals surface area contributed by atoms with E-state index < -0.39 is 17.1 Å². The smallest absolute Gasteiger partial charge is 0.294 e. The van der Waals surface area contributed by atoms with Gasteiger partial charge in [0.05, 0.1) is 4.91 Å². The second-order valence-corrected chi connectivity index (χ2v) is 8.15. The van der Waals surface area contributed by atoms with Crippen molar-refractivity contribution < 1.29 is 23.9 Å². The quantitative estimate of drug-likeness (QED) is 0.789. The molecule has 9 heteroatoms. The number of thioether (sulfide) groups is 1. The summed E-state index contributed by atoms with van der Waals surface area (Å²) in [6.45, 7) is 1.76. The maximum atomic E-state index is 12.5. The van der Waals surface area contributed by atoms with Crippen molar-refractivity contribution in [3.63, 3.8) is 0 Å². The first-order chi connectivity index (χ1) is 13.0. The Labute approximate surface area is 162 Å². The minimum atomic E-state index is -0.468. The molecule has 0 saturated carbocycles. The number of aryl methyl sites for hydroxylation is 1. The van der Waals surface area contributed by atoms with Crippen molar-refractivity contribution in [2.24, 2.45) is 0 Å². The summed E-state index contributed by atoms with van der Waals surface area (Å²) in [7, 11) is 0. The normalized spacial score (nSPS) is 17.1. The van der Waals surface area contributed by atoms with Crippen LogP contribution in [-0.4, -0.2) is 35.3 Å². The number of fused-ring (bicyclic) bond motifs is 1. The molecule has 1 aromatic carbocycles. The SMILES string of the molecule is Cc1ccc(/C=C2/SC(=O)N(CC(=O)Nc3ccc4c(c3)OCO4)C2=O)s1. The van der Waals surface area contributed by atoms with Gasteiger partial charge in [0, 0.05) is 21.5 Å². The van der Waals surface area contributed by atoms with Crippen LogP contribution in [-0.2, 0) is 9.59 Å². The molecule has 3 heterocycles. The summed E-state index contributed by atoms with van der Waals surface area (Å²) >= 11 is 2.37. The van der Waals surface area contributed by atoms with E-state index >= 15 is 0 Å². The lowest BCUT2D eigenvalue weighted by atomic mass is 10.2. The number of carbonyl (C=O) groups is 3. The molecule has 0 spiro atoms. The number of hydrogen-bond donors (Lipinski definition) is 1. The zero-order valence-electron chi connectivity index (χ0n) is 14.2. The number of benzene rings is 1. The third-order valence-corrected chi connectivity index (χ3v) is 5.72. The number of nitrogens with one attached hydrogen (secondary N) is 1. The van der Waals surface area contributed by atoms with Crippen molar-refractivity contribution in [2.45, 2.75) is 6.92 Å². The van der Waals surface area contributed by atoms with Crippen molar-refractivity contribution in [1.29, 1.82) is 0 Å². The highest BCUT2D eigenvalue weighted by molar-refractivity contribution is 8.18. The average molecular weight is 402 g/mol. The van der Waals surface area contributed by atoms with Crippen molar-refractivity contribution in [2.75, 3.05) is 18.7 Å². The highest BCUT2D eigenvalue weighted by Gasteiger charge is 2.36. The summed E-state index contributed by atoms with van der Waals surface area (Å²) < 4.78 is 10.5. The first kappa shape index (κ1) is 17.6. The molecule has 3 amide bonds. The summed E-state index contributed by atoms with van der Waals surface area (Å²) in [5, 5.41) is 2.20. The van der Waals surface area contributed by atoms with Crippen LogP contribution in [0.25, 0.3) is 6.08 Å². The molecule has 1 fully saturated rings. The molecule has 0 aliphatic carbocycles. The van der Waals surface area contributed by atoms with E-state index in [0.717, 1.165) is 26.4 Å². The monoisotopic (exact) mass is 402 g/mol. The van der Waals surface area contributed by atoms with Gasteiger partial charge in [-0.15, -0.1) is 11.3 Å². The number of anilines is 1. The topological polar surface area (TPSA) is 84.9 Å². The molecule has 0 unspecified atom stereocenters. The Balaban J connectivity index is 1.42. The molecule has 1 saturated heterocycles. The molecule has 27 heavy (non-hydrogen) atoms. The lowest BCUT2D eigenvalue weighted by Crippen LogP contribution is -2.36. The fourth-order valence-electron chi connectivity index (χ4n) is 2.61. The van der Waals surface area contributed by atoms with Gasteiger partial charge >= 0.3 is 0 Å². The maximum Gasteiger partial charge on any atom is 0.294 e. The largest absolute Gasteiger partial charge is 0.454 e. The zero-order chi connectivity index (χ0) is 19.0. The molecule has 2 aromatic rings. The van der Waals surface area contributed by atoms with Crippen LogP contribution in [0.1, 0.15) is 9.75 Å². The van der Waals surface area contributed by atoms with Crippen LogP contribution in [0.4, 0.5) is 10.5 Å². The van der Waals surface area contributed by atoms with Gasteiger partial charge in [-0.25, -0.2) is 0 Å². The van der Waals surface area contributed by atoms with E-state index in [0.29, 0.717) is 22.1 Å². The maximum absolute atomic E-state index is 12.5. The van der Waals surface area contributed by atoms with Crippen LogP contribution in [0, 0.1) is 6.92 Å². The number of imide groups is 1. The molecule has 2 aliphatic heterocycles. The molecular weight excluding hydrogens is 388 g/mol. The van der Waals surface area contributed by atoms with E-state index in [2.05, 4.69) is 5.32 Å². The van der Waals surface area contributed by atoms with Crippen LogP contribution >= 0.6 is 23.1 Å². The summed E-state index contributed by atoms with van der Waals surface area (Å²) in [6, 6.07) is 8.81. The number of carbonyl (C=O) groups excluding carboxylic acids is 3. The fraction of sp³-hybridized carbons (Fsp3) is 0.167. The molecular formula is C18H14N2O5S2. The van der Waals surface area contributed by atoms with Gasteiger partial charge in [0.2, 0.25) is 12.7 Å². The summed E-state index contributed by atoms with van der Waals surface area (Å²) in [5.74, 6) is 0.210. The van der Waals surface area contributed by atoms with Crippen LogP contribution in [0.2, 0.25) is 0 Å². The molecule has 1 aromatic heterocycles. The molecule has 0 atom stereocenters. The molecule has 2 aliphatic rings. The zero-order valence-corrected chi connectivity index (χ0v) is 15.8. The number of thiophene rings is 1. The summed E-state index contributed by atoms with van der Waals surface area (Å²) in [5.41, 5.74) is 0.501. The molecule has 0 radical (unpaired) electrons. The lowest BCUT2D eigenvalue weighted by molar-refractivity contribution is -0.127. The van der Waals surface area contributed by atoms with Crippen molar-refractivity contribution in [3.8, 4) is 11.5 Å². The van der Waals surface area contributed by atoms with Gasteiger partial charge in [-0.2, -0.15) is 0 Å². The van der Waals surface area contributed by atoms with Gasteiger partial charge in [0.25, 0.3) is 11.1 Å². The summed E-state index contributed by atoms with van der Waals surface area (Å²) in [6.07, 6.45) is 1.68. The van der Waals surface area contributed by atoms with E-state index in [9.17, 15) is 14.4 Å². The minimum absolute atomic E-state index is 0.139. The number of nitrogens with zero attached hydrogens (tertiary/aromatic N) is 1. The highest BCUT2D eigenvalue weighted by Crippen LogP contribution is 2.35. The number of hydrogen-bond acceptors (Lipinski definition) is 7.